The number of carbonyl (C=O) groups excluding carboxylic acids is 3. The van der Waals surface area contributed by atoms with Crippen molar-refractivity contribution in [2.45, 2.75) is 31.7 Å². The Hall–Kier alpha value is -2.77. The molecule has 1 atom stereocenters. The van der Waals surface area contributed by atoms with E-state index < -0.39 is 11.6 Å². The van der Waals surface area contributed by atoms with E-state index in [1.54, 1.807) is 17.0 Å². The lowest BCUT2D eigenvalue weighted by Crippen LogP contribution is -2.56. The first-order valence-corrected chi connectivity index (χ1v) is 8.71. The number of ether oxygens (including phenoxy) is 1. The Morgan fingerprint density at radius 1 is 1.35 bits per heavy atom. The van der Waals surface area contributed by atoms with Crippen LogP contribution >= 0.6 is 0 Å². The van der Waals surface area contributed by atoms with Gasteiger partial charge in [-0.1, -0.05) is 6.92 Å². The van der Waals surface area contributed by atoms with Crippen molar-refractivity contribution in [2.24, 2.45) is 5.92 Å². The predicted molar refractivity (Wildman–Crippen MR) is 93.0 cm³/mol. The number of methoxy groups -OCH3 is 1. The highest BCUT2D eigenvalue weighted by Crippen LogP contribution is 2.34. The molecule has 3 rings (SSSR count). The van der Waals surface area contributed by atoms with Gasteiger partial charge in [-0.15, -0.1) is 0 Å². The molecule has 1 aromatic rings. The van der Waals surface area contributed by atoms with Crippen molar-refractivity contribution in [2.75, 3.05) is 20.2 Å². The van der Waals surface area contributed by atoms with Crippen LogP contribution in [0.2, 0.25) is 0 Å². The van der Waals surface area contributed by atoms with E-state index in [1.807, 2.05) is 6.92 Å². The summed E-state index contributed by atoms with van der Waals surface area (Å²) in [6.07, 6.45) is 1.75. The molecule has 0 saturated carbocycles. The van der Waals surface area contributed by atoms with Gasteiger partial charge < -0.3 is 20.1 Å². The van der Waals surface area contributed by atoms with E-state index in [9.17, 15) is 19.5 Å². The monoisotopic (exact) mass is 361 g/mol. The van der Waals surface area contributed by atoms with Crippen LogP contribution < -0.4 is 15.4 Å². The second kappa shape index (κ2) is 6.86. The topological polar surface area (TPSA) is 108 Å². The minimum absolute atomic E-state index is 0.0210. The minimum atomic E-state index is -0.884. The maximum atomic E-state index is 12.7. The molecule has 1 aromatic carbocycles. The number of urea groups is 1. The third kappa shape index (κ3) is 2.95. The summed E-state index contributed by atoms with van der Waals surface area (Å²) < 4.78 is 4.99. The average Bonchev–Trinajstić information content (AvgIpc) is 2.95. The van der Waals surface area contributed by atoms with Gasteiger partial charge in [0.1, 0.15) is 5.54 Å². The fraction of sp³-hybridized carbons (Fsp3) is 0.500. The van der Waals surface area contributed by atoms with E-state index >= 15 is 0 Å². The maximum absolute atomic E-state index is 12.7. The molecule has 2 saturated heterocycles. The predicted octanol–water partition coefficient (Wildman–Crippen LogP) is 1.24. The third-order valence-electron chi connectivity index (χ3n) is 5.43. The standard InChI is InChI=1S/C18H23N3O5/c1-3-18(16(24)19-17(25)20-18)12-6-8-21(9-7-12)15(23)11-4-5-14(26-2)13(22)10-11/h4-5,10,12,22H,3,6-9H2,1-2H3,(H2,19,20,24,25)/t18-/m0/s1. The van der Waals surface area contributed by atoms with Crippen LogP contribution in [-0.4, -0.2) is 53.6 Å². The number of carbonyl (C=O) groups is 3. The molecular formula is C18H23N3O5. The van der Waals surface area contributed by atoms with Gasteiger partial charge in [0.2, 0.25) is 0 Å². The largest absolute Gasteiger partial charge is 0.504 e. The van der Waals surface area contributed by atoms with Gasteiger partial charge in [0.05, 0.1) is 7.11 Å². The molecule has 2 heterocycles. The second-order valence-corrected chi connectivity index (χ2v) is 6.69. The summed E-state index contributed by atoms with van der Waals surface area (Å²) in [6.45, 7) is 2.85. The Morgan fingerprint density at radius 2 is 2.04 bits per heavy atom. The smallest absolute Gasteiger partial charge is 0.322 e. The van der Waals surface area contributed by atoms with Crippen LogP contribution in [0.4, 0.5) is 4.79 Å². The molecule has 4 amide bonds. The molecule has 0 aromatic heterocycles. The van der Waals surface area contributed by atoms with Gasteiger partial charge in [-0.05, 0) is 43.4 Å². The number of aromatic hydroxyl groups is 1. The van der Waals surface area contributed by atoms with E-state index in [2.05, 4.69) is 10.6 Å². The van der Waals surface area contributed by atoms with Gasteiger partial charge in [0, 0.05) is 18.7 Å². The SMILES string of the molecule is CC[C@@]1(C2CCN(C(=O)c3ccc(OC)c(O)c3)CC2)NC(=O)NC1=O. The van der Waals surface area contributed by atoms with Gasteiger partial charge in [-0.25, -0.2) is 4.79 Å². The van der Waals surface area contributed by atoms with E-state index in [1.165, 1.54) is 13.2 Å². The molecule has 8 nitrogen and oxygen atoms in total. The highest BCUT2D eigenvalue weighted by molar-refractivity contribution is 6.07. The van der Waals surface area contributed by atoms with Gasteiger partial charge in [0.15, 0.2) is 11.5 Å². The number of benzene rings is 1. The fourth-order valence-corrected chi connectivity index (χ4v) is 3.91. The molecule has 2 aliphatic heterocycles. The Balaban J connectivity index is 1.68. The zero-order valence-electron chi connectivity index (χ0n) is 14.9. The van der Waals surface area contributed by atoms with Gasteiger partial charge >= 0.3 is 6.03 Å². The zero-order valence-corrected chi connectivity index (χ0v) is 14.9. The molecular weight excluding hydrogens is 338 g/mol. The van der Waals surface area contributed by atoms with Crippen LogP contribution in [0.15, 0.2) is 18.2 Å². The Labute approximate surface area is 151 Å². The summed E-state index contributed by atoms with van der Waals surface area (Å²) in [7, 11) is 1.45. The number of imide groups is 1. The Bertz CT molecular complexity index is 742. The van der Waals surface area contributed by atoms with Crippen molar-refractivity contribution in [1.82, 2.24) is 15.5 Å². The molecule has 0 bridgehead atoms. The van der Waals surface area contributed by atoms with Crippen LogP contribution in [0.25, 0.3) is 0 Å². The Kier molecular flexibility index (Phi) is 4.76. The molecule has 3 N–H and O–H groups in total. The maximum Gasteiger partial charge on any atom is 0.322 e. The lowest BCUT2D eigenvalue weighted by atomic mass is 9.76. The van der Waals surface area contributed by atoms with Gasteiger partial charge in [-0.2, -0.15) is 0 Å². The van der Waals surface area contributed by atoms with Crippen LogP contribution in [0.1, 0.15) is 36.5 Å². The molecule has 8 heteroatoms. The molecule has 26 heavy (non-hydrogen) atoms. The van der Waals surface area contributed by atoms with Gasteiger partial charge in [-0.3, -0.25) is 14.9 Å². The summed E-state index contributed by atoms with van der Waals surface area (Å²) in [5.41, 5.74) is -0.496. The summed E-state index contributed by atoms with van der Waals surface area (Å²) in [5.74, 6) is -0.245. The molecule has 0 unspecified atom stereocenters. The van der Waals surface area contributed by atoms with Crippen LogP contribution in [-0.2, 0) is 4.79 Å². The summed E-state index contributed by atoms with van der Waals surface area (Å²) in [6, 6.07) is 4.11. The summed E-state index contributed by atoms with van der Waals surface area (Å²) in [4.78, 5) is 38.2. The first-order valence-electron chi connectivity index (χ1n) is 8.71. The van der Waals surface area contributed by atoms with Crippen LogP contribution in [0.5, 0.6) is 11.5 Å². The number of nitrogens with one attached hydrogen (secondary N) is 2. The lowest BCUT2D eigenvalue weighted by molar-refractivity contribution is -0.126. The number of nitrogens with zero attached hydrogens (tertiary/aromatic N) is 1. The van der Waals surface area contributed by atoms with Gasteiger partial charge in [0.25, 0.3) is 11.8 Å². The highest BCUT2D eigenvalue weighted by Gasteiger charge is 2.51. The van der Waals surface area contributed by atoms with Crippen molar-refractivity contribution >= 4 is 17.8 Å². The number of phenols is 1. The number of phenolic OH excluding ortho intramolecular Hbond substituents is 1. The fourth-order valence-electron chi connectivity index (χ4n) is 3.91. The highest BCUT2D eigenvalue weighted by atomic mass is 16.5. The molecule has 0 spiro atoms. The number of rotatable bonds is 4. The summed E-state index contributed by atoms with van der Waals surface area (Å²) in [5, 5.41) is 15.0. The summed E-state index contributed by atoms with van der Waals surface area (Å²) >= 11 is 0. The van der Waals surface area contributed by atoms with E-state index in [4.69, 9.17) is 4.74 Å². The first-order chi connectivity index (χ1) is 12.4. The van der Waals surface area contributed by atoms with E-state index in [-0.39, 0.29) is 23.5 Å². The number of hydrogen-bond acceptors (Lipinski definition) is 5. The van der Waals surface area contributed by atoms with Crippen molar-refractivity contribution in [1.29, 1.82) is 0 Å². The second-order valence-electron chi connectivity index (χ2n) is 6.69. The molecule has 0 aliphatic carbocycles. The minimum Gasteiger partial charge on any atom is -0.504 e. The number of amides is 4. The first kappa shape index (κ1) is 18.0. The molecule has 140 valence electrons. The molecule has 0 radical (unpaired) electrons. The van der Waals surface area contributed by atoms with Crippen LogP contribution in [0, 0.1) is 5.92 Å². The van der Waals surface area contributed by atoms with Crippen molar-refractivity contribution in [3.63, 3.8) is 0 Å². The normalized spacial score (nSPS) is 23.5. The third-order valence-corrected chi connectivity index (χ3v) is 5.43. The molecule has 2 aliphatic rings. The van der Waals surface area contributed by atoms with Crippen molar-refractivity contribution in [3.8, 4) is 11.5 Å². The lowest BCUT2D eigenvalue weighted by Gasteiger charge is -2.40. The molecule has 2 fully saturated rings. The number of likely N-dealkylation sites (tertiary alicyclic amines) is 1. The quantitative estimate of drug-likeness (QED) is 0.700. The van der Waals surface area contributed by atoms with E-state index in [0.717, 1.165) is 0 Å². The van der Waals surface area contributed by atoms with Crippen LogP contribution in [0.3, 0.4) is 0 Å². The van der Waals surface area contributed by atoms with E-state index in [0.29, 0.717) is 43.7 Å². The Morgan fingerprint density at radius 3 is 2.54 bits per heavy atom. The number of piperidine rings is 1. The average molecular weight is 361 g/mol. The number of hydrogen-bond donors (Lipinski definition) is 3. The van der Waals surface area contributed by atoms with Crippen molar-refractivity contribution in [3.05, 3.63) is 23.8 Å². The van der Waals surface area contributed by atoms with Crippen molar-refractivity contribution < 1.29 is 24.2 Å². The zero-order chi connectivity index (χ0) is 18.9.